The summed E-state index contributed by atoms with van der Waals surface area (Å²) in [5, 5.41) is 3.80. The van der Waals surface area contributed by atoms with Gasteiger partial charge < -0.3 is 10.2 Å². The predicted octanol–water partition coefficient (Wildman–Crippen LogP) is 4.59. The van der Waals surface area contributed by atoms with Crippen LogP contribution in [0.5, 0.6) is 0 Å². The Morgan fingerprint density at radius 2 is 1.80 bits per heavy atom. The van der Waals surface area contributed by atoms with E-state index in [1.165, 1.54) is 68.6 Å². The zero-order chi connectivity index (χ0) is 13.9. The van der Waals surface area contributed by atoms with Gasteiger partial charge in [0.15, 0.2) is 0 Å². The maximum Gasteiger partial charge on any atom is 0.0373 e. The summed E-state index contributed by atoms with van der Waals surface area (Å²) in [4.78, 5) is 2.51. The molecule has 20 heavy (non-hydrogen) atoms. The van der Waals surface area contributed by atoms with Crippen molar-refractivity contribution in [3.63, 3.8) is 0 Å². The third kappa shape index (κ3) is 2.94. The summed E-state index contributed by atoms with van der Waals surface area (Å²) < 4.78 is 0. The monoisotopic (exact) mass is 272 g/mol. The van der Waals surface area contributed by atoms with Crippen molar-refractivity contribution in [2.75, 3.05) is 23.3 Å². The Bertz CT molecular complexity index is 449. The van der Waals surface area contributed by atoms with Crippen molar-refractivity contribution in [3.8, 4) is 0 Å². The van der Waals surface area contributed by atoms with E-state index in [1.807, 2.05) is 0 Å². The van der Waals surface area contributed by atoms with Crippen molar-refractivity contribution < 1.29 is 0 Å². The smallest absolute Gasteiger partial charge is 0.0373 e. The first-order valence-electron chi connectivity index (χ1n) is 8.36. The van der Waals surface area contributed by atoms with Crippen LogP contribution in [0.25, 0.3) is 0 Å². The Balaban J connectivity index is 1.70. The summed E-state index contributed by atoms with van der Waals surface area (Å²) in [6.07, 6.45) is 8.19. The molecule has 2 nitrogen and oxygen atoms in total. The molecular formula is C18H28N2. The molecule has 0 radical (unpaired) electrons. The number of hydrogen-bond acceptors (Lipinski definition) is 2. The first-order chi connectivity index (χ1) is 9.74. The molecule has 0 aromatic heterocycles. The summed E-state index contributed by atoms with van der Waals surface area (Å²) in [7, 11) is 0. The number of benzene rings is 1. The molecule has 1 aromatic carbocycles. The fourth-order valence-corrected chi connectivity index (χ4v) is 3.71. The zero-order valence-electron chi connectivity index (χ0n) is 13.0. The largest absolute Gasteiger partial charge is 0.382 e. The molecule has 0 amide bonds. The zero-order valence-corrected chi connectivity index (χ0v) is 13.0. The Hall–Kier alpha value is -1.18. The minimum atomic E-state index is 0.667. The van der Waals surface area contributed by atoms with Gasteiger partial charge in [-0.05, 0) is 62.3 Å². The molecule has 2 heteroatoms. The second kappa shape index (κ2) is 6.07. The van der Waals surface area contributed by atoms with Gasteiger partial charge in [0.1, 0.15) is 0 Å². The topological polar surface area (TPSA) is 15.3 Å². The van der Waals surface area contributed by atoms with Crippen LogP contribution in [0.15, 0.2) is 18.2 Å². The van der Waals surface area contributed by atoms with Crippen molar-refractivity contribution in [1.82, 2.24) is 0 Å². The van der Waals surface area contributed by atoms with E-state index in [2.05, 4.69) is 42.3 Å². The predicted molar refractivity (Wildman–Crippen MR) is 87.7 cm³/mol. The fourth-order valence-electron chi connectivity index (χ4n) is 3.71. The van der Waals surface area contributed by atoms with Crippen LogP contribution in [-0.4, -0.2) is 19.1 Å². The lowest BCUT2D eigenvalue weighted by Crippen LogP contribution is -2.30. The Morgan fingerprint density at radius 3 is 2.50 bits per heavy atom. The maximum atomic E-state index is 3.80. The highest BCUT2D eigenvalue weighted by molar-refractivity contribution is 5.61. The number of nitrogens with zero attached hydrogens (tertiary/aromatic N) is 1. The number of nitrogens with one attached hydrogen (secondary N) is 1. The fraction of sp³-hybridized carbons (Fsp3) is 0.667. The van der Waals surface area contributed by atoms with Gasteiger partial charge in [-0.2, -0.15) is 0 Å². The van der Waals surface area contributed by atoms with Gasteiger partial charge in [0.05, 0.1) is 0 Å². The summed E-state index contributed by atoms with van der Waals surface area (Å²) in [5.41, 5.74) is 4.14. The minimum absolute atomic E-state index is 0.667. The molecule has 1 heterocycles. The Labute approximate surface area is 123 Å². The van der Waals surface area contributed by atoms with Gasteiger partial charge in [-0.3, -0.25) is 0 Å². The lowest BCUT2D eigenvalue weighted by atomic mass is 9.85. The lowest BCUT2D eigenvalue weighted by molar-refractivity contribution is 0.349. The summed E-state index contributed by atoms with van der Waals surface area (Å²) in [5.74, 6) is 0.807. The SMILES string of the molecule is Cc1cc(N2CCCC2)ccc1NC1CCCCC1C. The third-order valence-corrected chi connectivity index (χ3v) is 5.13. The quantitative estimate of drug-likeness (QED) is 0.866. The van der Waals surface area contributed by atoms with E-state index in [9.17, 15) is 0 Å². The maximum absolute atomic E-state index is 3.80. The summed E-state index contributed by atoms with van der Waals surface area (Å²) in [6, 6.07) is 7.62. The van der Waals surface area contributed by atoms with E-state index in [0.29, 0.717) is 6.04 Å². The molecule has 1 aliphatic heterocycles. The molecule has 1 saturated heterocycles. The van der Waals surface area contributed by atoms with Crippen LogP contribution in [0.3, 0.4) is 0 Å². The number of aryl methyl sites for hydroxylation is 1. The number of rotatable bonds is 3. The highest BCUT2D eigenvalue weighted by Gasteiger charge is 2.21. The van der Waals surface area contributed by atoms with E-state index >= 15 is 0 Å². The van der Waals surface area contributed by atoms with E-state index in [0.717, 1.165) is 5.92 Å². The summed E-state index contributed by atoms with van der Waals surface area (Å²) in [6.45, 7) is 7.10. The van der Waals surface area contributed by atoms with Crippen LogP contribution in [0.4, 0.5) is 11.4 Å². The van der Waals surface area contributed by atoms with Gasteiger partial charge in [0, 0.05) is 30.5 Å². The summed E-state index contributed by atoms with van der Waals surface area (Å²) >= 11 is 0. The van der Waals surface area contributed by atoms with Crippen molar-refractivity contribution in [1.29, 1.82) is 0 Å². The second-order valence-corrected chi connectivity index (χ2v) is 6.71. The van der Waals surface area contributed by atoms with E-state index in [4.69, 9.17) is 0 Å². The average molecular weight is 272 g/mol. The first kappa shape index (κ1) is 13.8. The van der Waals surface area contributed by atoms with Crippen LogP contribution in [-0.2, 0) is 0 Å². The lowest BCUT2D eigenvalue weighted by Gasteiger charge is -2.31. The molecule has 1 aromatic rings. The molecule has 0 spiro atoms. The van der Waals surface area contributed by atoms with E-state index < -0.39 is 0 Å². The molecule has 2 fully saturated rings. The average Bonchev–Trinajstić information content (AvgIpc) is 2.97. The molecule has 1 saturated carbocycles. The van der Waals surface area contributed by atoms with Crippen LogP contribution in [0, 0.1) is 12.8 Å². The number of hydrogen-bond donors (Lipinski definition) is 1. The minimum Gasteiger partial charge on any atom is -0.382 e. The molecule has 3 rings (SSSR count). The van der Waals surface area contributed by atoms with Crippen LogP contribution in [0.1, 0.15) is 51.0 Å². The van der Waals surface area contributed by atoms with Crippen LogP contribution >= 0.6 is 0 Å². The van der Waals surface area contributed by atoms with Crippen LogP contribution < -0.4 is 10.2 Å². The van der Waals surface area contributed by atoms with E-state index in [-0.39, 0.29) is 0 Å². The van der Waals surface area contributed by atoms with E-state index in [1.54, 1.807) is 0 Å². The van der Waals surface area contributed by atoms with Crippen molar-refractivity contribution in [2.24, 2.45) is 5.92 Å². The highest BCUT2D eigenvalue weighted by atomic mass is 15.1. The second-order valence-electron chi connectivity index (χ2n) is 6.71. The van der Waals surface area contributed by atoms with Gasteiger partial charge in [-0.1, -0.05) is 19.8 Å². The molecule has 0 bridgehead atoms. The normalized spacial score (nSPS) is 26.8. The van der Waals surface area contributed by atoms with Gasteiger partial charge in [0.25, 0.3) is 0 Å². The third-order valence-electron chi connectivity index (χ3n) is 5.13. The number of anilines is 2. The standard InChI is InChI=1S/C18H28N2/c1-14-7-3-4-8-17(14)19-18-10-9-16(13-15(18)2)20-11-5-6-12-20/h9-10,13-14,17,19H,3-8,11-12H2,1-2H3. The van der Waals surface area contributed by atoms with Gasteiger partial charge in [-0.15, -0.1) is 0 Å². The molecule has 1 aliphatic carbocycles. The molecule has 2 aliphatic rings. The van der Waals surface area contributed by atoms with Crippen molar-refractivity contribution >= 4 is 11.4 Å². The molecular weight excluding hydrogens is 244 g/mol. The van der Waals surface area contributed by atoms with Gasteiger partial charge in [-0.25, -0.2) is 0 Å². The molecule has 110 valence electrons. The molecule has 2 atom stereocenters. The first-order valence-corrected chi connectivity index (χ1v) is 8.36. The van der Waals surface area contributed by atoms with Crippen molar-refractivity contribution in [3.05, 3.63) is 23.8 Å². The Kier molecular flexibility index (Phi) is 4.18. The van der Waals surface area contributed by atoms with Gasteiger partial charge in [0.2, 0.25) is 0 Å². The Morgan fingerprint density at radius 1 is 1.05 bits per heavy atom. The molecule has 2 unspecified atom stereocenters. The molecule has 1 N–H and O–H groups in total. The van der Waals surface area contributed by atoms with Crippen LogP contribution in [0.2, 0.25) is 0 Å². The van der Waals surface area contributed by atoms with Gasteiger partial charge >= 0.3 is 0 Å². The van der Waals surface area contributed by atoms with Crippen molar-refractivity contribution in [2.45, 2.75) is 58.4 Å². The highest BCUT2D eigenvalue weighted by Crippen LogP contribution is 2.30.